The Hall–Kier alpha value is -1.39. The van der Waals surface area contributed by atoms with E-state index in [2.05, 4.69) is 0 Å². The van der Waals surface area contributed by atoms with Crippen LogP contribution in [0.1, 0.15) is 46.0 Å². The van der Waals surface area contributed by atoms with E-state index in [0.717, 1.165) is 34.4 Å². The Balaban J connectivity index is 0.000000196. The summed E-state index contributed by atoms with van der Waals surface area (Å²) < 4.78 is 5.65. The molecule has 2 aromatic rings. The molecule has 5 heteroatoms. The van der Waals surface area contributed by atoms with E-state index in [-0.39, 0.29) is 12.2 Å². The summed E-state index contributed by atoms with van der Waals surface area (Å²) in [5, 5.41) is 11.0. The topological polar surface area (TPSA) is 46.5 Å². The first-order chi connectivity index (χ1) is 11.9. The van der Waals surface area contributed by atoms with E-state index in [1.807, 2.05) is 32.0 Å². The van der Waals surface area contributed by atoms with Gasteiger partial charge in [-0.25, -0.2) is 0 Å². The van der Waals surface area contributed by atoms with Crippen LogP contribution in [-0.2, 0) is 4.74 Å². The molecule has 1 N–H and O–H groups in total. The third-order valence-corrected chi connectivity index (χ3v) is 4.66. The Morgan fingerprint density at radius 3 is 2.28 bits per heavy atom. The second kappa shape index (κ2) is 9.35. The fourth-order valence-corrected chi connectivity index (χ4v) is 3.22. The van der Waals surface area contributed by atoms with Crippen molar-refractivity contribution in [3.8, 4) is 0 Å². The molecule has 0 aliphatic carbocycles. The van der Waals surface area contributed by atoms with Gasteiger partial charge in [-0.1, -0.05) is 29.3 Å². The van der Waals surface area contributed by atoms with Gasteiger partial charge in [0.05, 0.1) is 12.2 Å². The minimum atomic E-state index is -0.237. The number of benzene rings is 2. The minimum absolute atomic E-state index is 0.0195. The van der Waals surface area contributed by atoms with Crippen molar-refractivity contribution in [1.82, 2.24) is 0 Å². The fraction of sp³-hybridized carbons (Fsp3) is 0.350. The Morgan fingerprint density at radius 2 is 1.72 bits per heavy atom. The number of carbonyl (C=O) groups is 1. The van der Waals surface area contributed by atoms with Crippen LogP contribution in [0.5, 0.6) is 0 Å². The average molecular weight is 381 g/mol. The zero-order valence-corrected chi connectivity index (χ0v) is 15.8. The largest absolute Gasteiger partial charge is 0.393 e. The number of ether oxygens (including phenoxy) is 1. The van der Waals surface area contributed by atoms with Gasteiger partial charge in [-0.05, 0) is 67.3 Å². The number of aldehydes is 1. The van der Waals surface area contributed by atoms with Crippen LogP contribution >= 0.6 is 23.2 Å². The van der Waals surface area contributed by atoms with Gasteiger partial charge in [0.25, 0.3) is 0 Å². The quantitative estimate of drug-likeness (QED) is 0.716. The molecule has 134 valence electrons. The number of hydrogen-bond donors (Lipinski definition) is 1. The molecular formula is C20H22Cl2O3. The Bertz CT molecular complexity index is 731. The summed E-state index contributed by atoms with van der Waals surface area (Å²) in [5.41, 5.74) is 3.88. The molecule has 0 aromatic heterocycles. The second-order valence-electron chi connectivity index (χ2n) is 6.16. The van der Waals surface area contributed by atoms with Gasteiger partial charge in [-0.3, -0.25) is 4.79 Å². The van der Waals surface area contributed by atoms with Crippen molar-refractivity contribution in [1.29, 1.82) is 0 Å². The Kier molecular flexibility index (Phi) is 7.45. The fourth-order valence-electron chi connectivity index (χ4n) is 2.77. The van der Waals surface area contributed by atoms with Crippen LogP contribution < -0.4 is 0 Å². The van der Waals surface area contributed by atoms with Crippen LogP contribution in [0.15, 0.2) is 36.4 Å². The first-order valence-corrected chi connectivity index (χ1v) is 8.93. The van der Waals surface area contributed by atoms with Gasteiger partial charge in [-0.15, -0.1) is 0 Å². The van der Waals surface area contributed by atoms with Crippen LogP contribution in [0.25, 0.3) is 0 Å². The molecule has 1 aliphatic rings. The number of carbonyl (C=O) groups excluding carboxylic acids is 1. The summed E-state index contributed by atoms with van der Waals surface area (Å²) in [7, 11) is 0. The van der Waals surface area contributed by atoms with Gasteiger partial charge < -0.3 is 9.84 Å². The van der Waals surface area contributed by atoms with E-state index in [9.17, 15) is 9.90 Å². The summed E-state index contributed by atoms with van der Waals surface area (Å²) >= 11 is 11.6. The van der Waals surface area contributed by atoms with Gasteiger partial charge in [-0.2, -0.15) is 0 Å². The molecule has 0 saturated carbocycles. The van der Waals surface area contributed by atoms with Crippen LogP contribution in [0.3, 0.4) is 0 Å². The molecule has 2 unspecified atom stereocenters. The molecule has 2 atom stereocenters. The summed E-state index contributed by atoms with van der Waals surface area (Å²) in [6, 6.07) is 11.0. The van der Waals surface area contributed by atoms with Crippen LogP contribution in [-0.4, -0.2) is 24.1 Å². The molecular weight excluding hydrogens is 359 g/mol. The van der Waals surface area contributed by atoms with Gasteiger partial charge in [0, 0.05) is 28.6 Å². The van der Waals surface area contributed by atoms with Crippen molar-refractivity contribution < 1.29 is 14.6 Å². The maximum atomic E-state index is 10.3. The summed E-state index contributed by atoms with van der Waals surface area (Å²) in [6.45, 7) is 4.51. The molecule has 0 bridgehead atoms. The standard InChI is InChI=1S/C12H15ClO2.C8H7ClO/c1-8-6-9(13)2-3-11(8)12-7-10(14)4-5-15-12;1-6-4-8(9)3-2-7(6)5-10/h2-3,6,10,12,14H,4-5,7H2,1H3;2-5H,1H3. The maximum absolute atomic E-state index is 10.3. The normalized spacial score (nSPS) is 19.7. The molecule has 0 spiro atoms. The van der Waals surface area contributed by atoms with Crippen molar-refractivity contribution in [3.63, 3.8) is 0 Å². The van der Waals surface area contributed by atoms with Gasteiger partial charge in [0.2, 0.25) is 0 Å². The lowest BCUT2D eigenvalue weighted by Gasteiger charge is -2.27. The highest BCUT2D eigenvalue weighted by Crippen LogP contribution is 2.31. The van der Waals surface area contributed by atoms with Gasteiger partial charge in [0.1, 0.15) is 6.29 Å². The highest BCUT2D eigenvalue weighted by molar-refractivity contribution is 6.31. The highest BCUT2D eigenvalue weighted by atomic mass is 35.5. The third-order valence-electron chi connectivity index (χ3n) is 4.19. The summed E-state index contributed by atoms with van der Waals surface area (Å²) in [4.78, 5) is 10.3. The lowest BCUT2D eigenvalue weighted by molar-refractivity contribution is -0.0450. The third kappa shape index (κ3) is 5.82. The van der Waals surface area contributed by atoms with E-state index >= 15 is 0 Å². The van der Waals surface area contributed by atoms with Crippen LogP contribution in [0, 0.1) is 13.8 Å². The van der Waals surface area contributed by atoms with E-state index < -0.39 is 0 Å². The lowest BCUT2D eigenvalue weighted by Crippen LogP contribution is -2.23. The van der Waals surface area contributed by atoms with Crippen molar-refractivity contribution in [2.75, 3.05) is 6.61 Å². The first-order valence-electron chi connectivity index (χ1n) is 8.17. The minimum Gasteiger partial charge on any atom is -0.393 e. The monoisotopic (exact) mass is 380 g/mol. The molecule has 0 radical (unpaired) electrons. The van der Waals surface area contributed by atoms with Gasteiger partial charge in [0.15, 0.2) is 0 Å². The smallest absolute Gasteiger partial charge is 0.150 e. The highest BCUT2D eigenvalue weighted by Gasteiger charge is 2.23. The number of aliphatic hydroxyl groups excluding tert-OH is 1. The number of aliphatic hydroxyl groups is 1. The van der Waals surface area contributed by atoms with Crippen molar-refractivity contribution in [3.05, 3.63) is 68.7 Å². The Morgan fingerprint density at radius 1 is 1.08 bits per heavy atom. The molecule has 1 saturated heterocycles. The second-order valence-corrected chi connectivity index (χ2v) is 7.03. The molecule has 1 heterocycles. The molecule has 0 amide bonds. The first kappa shape index (κ1) is 19.9. The van der Waals surface area contributed by atoms with Crippen molar-refractivity contribution in [2.24, 2.45) is 0 Å². The number of hydrogen-bond acceptors (Lipinski definition) is 3. The zero-order valence-electron chi connectivity index (χ0n) is 14.3. The van der Waals surface area contributed by atoms with Crippen LogP contribution in [0.4, 0.5) is 0 Å². The zero-order chi connectivity index (χ0) is 18.4. The van der Waals surface area contributed by atoms with Crippen molar-refractivity contribution >= 4 is 29.5 Å². The predicted octanol–water partition coefficient (Wildman–Crippen LogP) is 5.32. The van der Waals surface area contributed by atoms with Crippen LogP contribution in [0.2, 0.25) is 10.0 Å². The van der Waals surface area contributed by atoms with E-state index in [4.69, 9.17) is 27.9 Å². The number of rotatable bonds is 2. The Labute approximate surface area is 158 Å². The lowest BCUT2D eigenvalue weighted by atomic mass is 9.96. The van der Waals surface area contributed by atoms with Gasteiger partial charge >= 0.3 is 0 Å². The summed E-state index contributed by atoms with van der Waals surface area (Å²) in [6.07, 6.45) is 2.03. The molecule has 25 heavy (non-hydrogen) atoms. The molecule has 1 fully saturated rings. The van der Waals surface area contributed by atoms with E-state index in [1.165, 1.54) is 0 Å². The molecule has 1 aliphatic heterocycles. The van der Waals surface area contributed by atoms with E-state index in [1.54, 1.807) is 18.2 Å². The van der Waals surface area contributed by atoms with Crippen molar-refractivity contribution in [2.45, 2.75) is 38.9 Å². The SMILES string of the molecule is Cc1cc(Cl)ccc1C1CC(O)CCO1.Cc1cc(Cl)ccc1C=O. The molecule has 3 rings (SSSR count). The molecule has 3 nitrogen and oxygen atoms in total. The number of halogens is 2. The van der Waals surface area contributed by atoms with E-state index in [0.29, 0.717) is 23.6 Å². The number of aryl methyl sites for hydroxylation is 2. The molecule has 2 aromatic carbocycles. The predicted molar refractivity (Wildman–Crippen MR) is 102 cm³/mol. The maximum Gasteiger partial charge on any atom is 0.150 e. The summed E-state index contributed by atoms with van der Waals surface area (Å²) in [5.74, 6) is 0. The average Bonchev–Trinajstić information content (AvgIpc) is 2.55.